The summed E-state index contributed by atoms with van der Waals surface area (Å²) in [6.07, 6.45) is 5.01. The third-order valence-electron chi connectivity index (χ3n) is 3.54. The fourth-order valence-electron chi connectivity index (χ4n) is 2.10. The van der Waals surface area contributed by atoms with Gasteiger partial charge >= 0.3 is 0 Å². The Kier molecular flexibility index (Phi) is 2.83. The predicted molar refractivity (Wildman–Crippen MR) is 61.7 cm³/mol. The topological polar surface area (TPSA) is 29.9 Å². The van der Waals surface area contributed by atoms with E-state index in [-0.39, 0.29) is 0 Å². The molecule has 1 heterocycles. The first-order chi connectivity index (χ1) is 7.13. The summed E-state index contributed by atoms with van der Waals surface area (Å²) in [6, 6.07) is 2.20. The van der Waals surface area contributed by atoms with E-state index in [0.717, 1.165) is 13.0 Å². The summed E-state index contributed by atoms with van der Waals surface area (Å²) in [4.78, 5) is 0. The minimum absolute atomic E-state index is 0.386. The number of aryl methyl sites for hydroxylation is 2. The molecular formula is C12H21N3. The van der Waals surface area contributed by atoms with Gasteiger partial charge in [0.2, 0.25) is 0 Å². The second-order valence-electron chi connectivity index (χ2n) is 4.87. The van der Waals surface area contributed by atoms with Crippen LogP contribution in [0, 0.1) is 0 Å². The molecule has 0 unspecified atom stereocenters. The van der Waals surface area contributed by atoms with Gasteiger partial charge in [-0.2, -0.15) is 5.10 Å². The summed E-state index contributed by atoms with van der Waals surface area (Å²) in [5.41, 5.74) is 2.87. The van der Waals surface area contributed by atoms with Gasteiger partial charge in [0.05, 0.1) is 11.4 Å². The molecule has 0 aromatic carbocycles. The van der Waals surface area contributed by atoms with Crippen molar-refractivity contribution in [1.29, 1.82) is 0 Å². The molecule has 1 N–H and O–H groups in total. The Balaban J connectivity index is 1.95. The Morgan fingerprint density at radius 2 is 2.27 bits per heavy atom. The molecule has 1 aliphatic rings. The fraction of sp³-hybridized carbons (Fsp3) is 0.750. The van der Waals surface area contributed by atoms with Gasteiger partial charge in [-0.05, 0) is 38.7 Å². The molecule has 3 nitrogen and oxygen atoms in total. The molecule has 0 aliphatic heterocycles. The SMILES string of the molecule is CCc1cc(CNC2(C)CCC2)n(C)n1. The number of aromatic nitrogens is 2. The van der Waals surface area contributed by atoms with E-state index in [9.17, 15) is 0 Å². The highest BCUT2D eigenvalue weighted by molar-refractivity contribution is 5.10. The molecule has 3 heteroatoms. The van der Waals surface area contributed by atoms with Crippen molar-refractivity contribution in [2.75, 3.05) is 0 Å². The summed E-state index contributed by atoms with van der Waals surface area (Å²) < 4.78 is 1.99. The lowest BCUT2D eigenvalue weighted by Gasteiger charge is -2.39. The summed E-state index contributed by atoms with van der Waals surface area (Å²) in [5, 5.41) is 8.08. The van der Waals surface area contributed by atoms with Crippen molar-refractivity contribution < 1.29 is 0 Å². The molecule has 1 aromatic heterocycles. The van der Waals surface area contributed by atoms with Crippen LogP contribution in [-0.4, -0.2) is 15.3 Å². The first-order valence-corrected chi connectivity index (χ1v) is 5.90. The van der Waals surface area contributed by atoms with Crippen LogP contribution < -0.4 is 5.32 Å². The molecule has 1 aliphatic carbocycles. The second kappa shape index (κ2) is 3.97. The van der Waals surface area contributed by atoms with Crippen LogP contribution in [0.15, 0.2) is 6.07 Å². The molecule has 1 saturated carbocycles. The molecule has 0 saturated heterocycles. The maximum Gasteiger partial charge on any atom is 0.0625 e. The molecule has 0 spiro atoms. The Labute approximate surface area is 91.9 Å². The largest absolute Gasteiger partial charge is 0.306 e. The lowest BCUT2D eigenvalue weighted by molar-refractivity contribution is 0.205. The van der Waals surface area contributed by atoms with Crippen LogP contribution in [0.1, 0.15) is 44.5 Å². The molecule has 15 heavy (non-hydrogen) atoms. The van der Waals surface area contributed by atoms with E-state index >= 15 is 0 Å². The van der Waals surface area contributed by atoms with Gasteiger partial charge < -0.3 is 5.32 Å². The monoisotopic (exact) mass is 207 g/mol. The maximum absolute atomic E-state index is 4.45. The summed E-state index contributed by atoms with van der Waals surface area (Å²) >= 11 is 0. The molecular weight excluding hydrogens is 186 g/mol. The minimum atomic E-state index is 0.386. The van der Waals surface area contributed by atoms with Gasteiger partial charge in [0.15, 0.2) is 0 Å². The van der Waals surface area contributed by atoms with Crippen LogP contribution in [0.5, 0.6) is 0 Å². The lowest BCUT2D eigenvalue weighted by atomic mass is 9.78. The summed E-state index contributed by atoms with van der Waals surface area (Å²) in [5.74, 6) is 0. The molecule has 2 rings (SSSR count). The lowest BCUT2D eigenvalue weighted by Crippen LogP contribution is -2.47. The standard InChI is InChI=1S/C12H21N3/c1-4-10-8-11(15(3)14-10)9-13-12(2)6-5-7-12/h8,13H,4-7,9H2,1-3H3. The van der Waals surface area contributed by atoms with Crippen molar-refractivity contribution in [3.8, 4) is 0 Å². The van der Waals surface area contributed by atoms with Crippen LogP contribution in [0.25, 0.3) is 0 Å². The highest BCUT2D eigenvalue weighted by Crippen LogP contribution is 2.31. The van der Waals surface area contributed by atoms with E-state index in [1.54, 1.807) is 0 Å². The van der Waals surface area contributed by atoms with Gasteiger partial charge in [-0.3, -0.25) is 4.68 Å². The smallest absolute Gasteiger partial charge is 0.0625 e. The van der Waals surface area contributed by atoms with Crippen LogP contribution in [-0.2, 0) is 20.0 Å². The average Bonchev–Trinajstić information content (AvgIpc) is 2.53. The van der Waals surface area contributed by atoms with Gasteiger partial charge in [-0.1, -0.05) is 6.92 Å². The molecule has 84 valence electrons. The normalized spacial score (nSPS) is 18.9. The molecule has 0 bridgehead atoms. The van der Waals surface area contributed by atoms with Crippen molar-refractivity contribution in [3.05, 3.63) is 17.5 Å². The minimum Gasteiger partial charge on any atom is -0.306 e. The second-order valence-corrected chi connectivity index (χ2v) is 4.87. The molecule has 0 radical (unpaired) electrons. The fourth-order valence-corrected chi connectivity index (χ4v) is 2.10. The number of nitrogens with zero attached hydrogens (tertiary/aromatic N) is 2. The number of hydrogen-bond donors (Lipinski definition) is 1. The van der Waals surface area contributed by atoms with E-state index in [1.807, 2.05) is 11.7 Å². The zero-order valence-electron chi connectivity index (χ0n) is 10.0. The van der Waals surface area contributed by atoms with Gasteiger partial charge in [0.25, 0.3) is 0 Å². The first-order valence-electron chi connectivity index (χ1n) is 5.90. The zero-order chi connectivity index (χ0) is 10.9. The van der Waals surface area contributed by atoms with E-state index in [2.05, 4.69) is 30.3 Å². The molecule has 0 amide bonds. The third-order valence-corrected chi connectivity index (χ3v) is 3.54. The number of hydrogen-bond acceptors (Lipinski definition) is 2. The van der Waals surface area contributed by atoms with Crippen molar-refractivity contribution in [2.45, 2.75) is 51.6 Å². The van der Waals surface area contributed by atoms with Gasteiger partial charge in [-0.15, -0.1) is 0 Å². The quantitative estimate of drug-likeness (QED) is 0.818. The summed E-state index contributed by atoms with van der Waals surface area (Å²) in [6.45, 7) is 5.40. The number of nitrogens with one attached hydrogen (secondary N) is 1. The third kappa shape index (κ3) is 2.23. The van der Waals surface area contributed by atoms with E-state index in [1.165, 1.54) is 30.7 Å². The Morgan fingerprint density at radius 1 is 1.53 bits per heavy atom. The van der Waals surface area contributed by atoms with Crippen molar-refractivity contribution in [1.82, 2.24) is 15.1 Å². The molecule has 1 fully saturated rings. The first kappa shape index (κ1) is 10.7. The van der Waals surface area contributed by atoms with E-state index < -0.39 is 0 Å². The predicted octanol–water partition coefficient (Wildman–Crippen LogP) is 2.01. The Hall–Kier alpha value is -0.830. The Morgan fingerprint density at radius 3 is 2.73 bits per heavy atom. The zero-order valence-corrected chi connectivity index (χ0v) is 10.0. The van der Waals surface area contributed by atoms with Crippen LogP contribution in [0.2, 0.25) is 0 Å². The highest BCUT2D eigenvalue weighted by atomic mass is 15.3. The maximum atomic E-state index is 4.45. The van der Waals surface area contributed by atoms with Gasteiger partial charge in [0.1, 0.15) is 0 Å². The summed E-state index contributed by atoms with van der Waals surface area (Å²) in [7, 11) is 2.03. The van der Waals surface area contributed by atoms with Crippen molar-refractivity contribution in [2.24, 2.45) is 7.05 Å². The van der Waals surface area contributed by atoms with Crippen LogP contribution in [0.3, 0.4) is 0 Å². The van der Waals surface area contributed by atoms with Gasteiger partial charge in [-0.25, -0.2) is 0 Å². The Bertz CT molecular complexity index is 337. The average molecular weight is 207 g/mol. The molecule has 1 aromatic rings. The van der Waals surface area contributed by atoms with E-state index in [4.69, 9.17) is 0 Å². The molecule has 0 atom stereocenters. The van der Waals surface area contributed by atoms with Crippen LogP contribution >= 0.6 is 0 Å². The van der Waals surface area contributed by atoms with Crippen molar-refractivity contribution >= 4 is 0 Å². The highest BCUT2D eigenvalue weighted by Gasteiger charge is 2.30. The van der Waals surface area contributed by atoms with Gasteiger partial charge in [0, 0.05) is 19.1 Å². The number of rotatable bonds is 4. The van der Waals surface area contributed by atoms with Crippen LogP contribution in [0.4, 0.5) is 0 Å². The van der Waals surface area contributed by atoms with Crippen molar-refractivity contribution in [3.63, 3.8) is 0 Å². The van der Waals surface area contributed by atoms with E-state index in [0.29, 0.717) is 5.54 Å².